The van der Waals surface area contributed by atoms with E-state index in [9.17, 15) is 4.79 Å². The Kier molecular flexibility index (Phi) is 16.8. The van der Waals surface area contributed by atoms with Gasteiger partial charge in [-0.25, -0.2) is 0 Å². The van der Waals surface area contributed by atoms with Crippen LogP contribution in [0.4, 0.5) is 0 Å². The molecule has 0 saturated carbocycles. The van der Waals surface area contributed by atoms with Gasteiger partial charge in [-0.2, -0.15) is 0 Å². The first kappa shape index (κ1) is 33.4. The summed E-state index contributed by atoms with van der Waals surface area (Å²) in [5, 5.41) is 0.713. The Hall–Kier alpha value is -1.58. The van der Waals surface area contributed by atoms with Crippen LogP contribution in [-0.2, 0) is 14.2 Å². The van der Waals surface area contributed by atoms with Crippen molar-refractivity contribution in [1.82, 2.24) is 0 Å². The van der Waals surface area contributed by atoms with Crippen LogP contribution in [-0.4, -0.2) is 65.0 Å². The van der Waals surface area contributed by atoms with Gasteiger partial charge in [0.1, 0.15) is 37.1 Å². The average molecular weight is 529 g/mol. The number of hydrogen-bond donors (Lipinski definition) is 0. The Morgan fingerprint density at radius 1 is 0.703 bits per heavy atom. The monoisotopic (exact) mass is 528 g/mol. The van der Waals surface area contributed by atoms with Crippen molar-refractivity contribution in [2.75, 3.05) is 59.5 Å². The number of rotatable bonds is 18. The normalized spacial score (nSPS) is 11.0. The zero-order valence-electron chi connectivity index (χ0n) is 24.5. The molecule has 202 valence electrons. The van der Waals surface area contributed by atoms with Crippen LogP contribution in [0.25, 0.3) is 0 Å². The number of hydrogen-bond acceptors (Lipinski definition) is 7. The quantitative estimate of drug-likeness (QED) is 0.167. The molecule has 0 fully saturated rings. The Balaban J connectivity index is 0.00000684. The molecule has 2 aromatic carbocycles. The number of carbonyl (C=O) groups excluding carboxylic acids is 1. The van der Waals surface area contributed by atoms with Gasteiger partial charge in [0.2, 0.25) is 0 Å². The molecule has 0 saturated heterocycles. The number of benzene rings is 2. The fraction of sp³-hybridized carbons (Fsp3) is 0.536. The summed E-state index contributed by atoms with van der Waals surface area (Å²) in [5.41, 5.74) is 3.87. The van der Waals surface area contributed by atoms with Gasteiger partial charge >= 0.3 is 18.9 Å². The Labute approximate surface area is 237 Å². The molecule has 0 aliphatic carbocycles. The topological polar surface area (TPSA) is 72.5 Å². The molecule has 37 heavy (non-hydrogen) atoms. The molecule has 0 spiro atoms. The van der Waals surface area contributed by atoms with Gasteiger partial charge in [-0.1, -0.05) is 17.7 Å². The molecule has 0 aromatic heterocycles. The predicted molar refractivity (Wildman–Crippen MR) is 146 cm³/mol. The van der Waals surface area contributed by atoms with Crippen molar-refractivity contribution in [3.05, 3.63) is 46.5 Å². The minimum Gasteiger partial charge on any atom is -1.00 e. The van der Waals surface area contributed by atoms with Crippen LogP contribution in [0.3, 0.4) is 0 Å². The third-order valence-electron chi connectivity index (χ3n) is 5.26. The second-order valence-electron chi connectivity index (χ2n) is 8.16. The largest absolute Gasteiger partial charge is 1.00 e. The zero-order chi connectivity index (χ0) is 26.3. The first-order valence-electron chi connectivity index (χ1n) is 12.6. The summed E-state index contributed by atoms with van der Waals surface area (Å²) in [6.45, 7) is 16.1. The van der Waals surface area contributed by atoms with Gasteiger partial charge in [0.15, 0.2) is 5.52 Å². The van der Waals surface area contributed by atoms with Crippen molar-refractivity contribution in [2.24, 2.45) is 0 Å². The average Bonchev–Trinajstić information content (AvgIpc) is 2.83. The maximum atomic E-state index is 13.6. The first-order chi connectivity index (χ1) is 17.4. The third-order valence-corrected chi connectivity index (χ3v) is 6.48. The van der Waals surface area contributed by atoms with Crippen LogP contribution in [0, 0.1) is 20.8 Å². The van der Waals surface area contributed by atoms with Crippen molar-refractivity contribution < 1.29 is 53.5 Å². The standard InChI is InChI=1S/C28H41O7P.Li.H/c1-7-30-10-13-33-23-18-24(34-14-11-31-8-2)27(25(19-23)35-15-12-32-9-3)36-28(29)26-21(5)16-20(4)17-22(26)6;;/h16-19,36H,7-15H2,1-6H3;;/q;+1;-1. The minimum atomic E-state index is -0.185. The molecular weight excluding hydrogens is 486 g/mol. The van der Waals surface area contributed by atoms with E-state index in [1.807, 2.05) is 65.8 Å². The summed E-state index contributed by atoms with van der Waals surface area (Å²) >= 11 is 0. The van der Waals surface area contributed by atoms with E-state index in [0.29, 0.717) is 82.0 Å². The molecule has 0 aliphatic heterocycles. The second kappa shape index (κ2) is 18.6. The van der Waals surface area contributed by atoms with Crippen LogP contribution in [0.15, 0.2) is 24.3 Å². The molecular formula is C28H42LiO7P. The van der Waals surface area contributed by atoms with Crippen LogP contribution < -0.4 is 38.4 Å². The van der Waals surface area contributed by atoms with Gasteiger partial charge in [-0.05, 0) is 61.3 Å². The molecule has 0 bridgehead atoms. The van der Waals surface area contributed by atoms with Gasteiger partial charge < -0.3 is 29.8 Å². The van der Waals surface area contributed by atoms with Gasteiger partial charge in [-0.3, -0.25) is 4.79 Å². The molecule has 2 rings (SSSR count). The van der Waals surface area contributed by atoms with Crippen molar-refractivity contribution in [3.63, 3.8) is 0 Å². The molecule has 0 amide bonds. The van der Waals surface area contributed by atoms with Gasteiger partial charge in [-0.15, -0.1) is 0 Å². The summed E-state index contributed by atoms with van der Waals surface area (Å²) < 4.78 is 34.4. The maximum absolute atomic E-state index is 13.6. The number of carbonyl (C=O) groups is 1. The molecule has 0 N–H and O–H groups in total. The van der Waals surface area contributed by atoms with Crippen molar-refractivity contribution in [3.8, 4) is 17.2 Å². The van der Waals surface area contributed by atoms with E-state index < -0.39 is 0 Å². The van der Waals surface area contributed by atoms with E-state index in [1.54, 1.807) is 0 Å². The molecule has 1 atom stereocenters. The molecule has 0 aliphatic rings. The van der Waals surface area contributed by atoms with E-state index in [2.05, 4.69) is 0 Å². The van der Waals surface area contributed by atoms with E-state index in [1.165, 1.54) is 0 Å². The van der Waals surface area contributed by atoms with Gasteiger partial charge in [0.05, 0.1) is 25.1 Å². The summed E-state index contributed by atoms with van der Waals surface area (Å²) in [6, 6.07) is 7.72. The van der Waals surface area contributed by atoms with Crippen molar-refractivity contribution in [1.29, 1.82) is 0 Å². The molecule has 1 unspecified atom stereocenters. The number of aryl methyl sites for hydroxylation is 3. The Bertz CT molecular complexity index is 918. The van der Waals surface area contributed by atoms with Crippen LogP contribution in [0.1, 0.15) is 49.2 Å². The van der Waals surface area contributed by atoms with Crippen LogP contribution in [0.5, 0.6) is 17.2 Å². The van der Waals surface area contributed by atoms with Gasteiger partial charge in [0.25, 0.3) is 0 Å². The van der Waals surface area contributed by atoms with Crippen molar-refractivity contribution >= 4 is 19.4 Å². The van der Waals surface area contributed by atoms with Gasteiger partial charge in [0, 0.05) is 37.5 Å². The maximum Gasteiger partial charge on any atom is 1.00 e. The van der Waals surface area contributed by atoms with Crippen LogP contribution in [0.2, 0.25) is 0 Å². The molecule has 0 radical (unpaired) electrons. The van der Waals surface area contributed by atoms with E-state index in [-0.39, 0.29) is 34.4 Å². The van der Waals surface area contributed by atoms with E-state index in [0.717, 1.165) is 22.3 Å². The summed E-state index contributed by atoms with van der Waals surface area (Å²) in [7, 11) is -0.185. The number of ether oxygens (including phenoxy) is 6. The molecule has 0 heterocycles. The predicted octanol–water partition coefficient (Wildman–Crippen LogP) is 2.12. The summed E-state index contributed by atoms with van der Waals surface area (Å²) in [4.78, 5) is 13.6. The molecule has 2 aromatic rings. The van der Waals surface area contributed by atoms with E-state index >= 15 is 0 Å². The molecule has 7 nitrogen and oxygen atoms in total. The second-order valence-corrected chi connectivity index (χ2v) is 9.36. The SMILES string of the molecule is CCOCCOc1cc(OCCOCC)c(PC(=O)c2c(C)cc(C)cc2C)c(OCCOCC)c1.[H-].[Li+]. The first-order valence-corrected chi connectivity index (χ1v) is 13.6. The van der Waals surface area contributed by atoms with Crippen LogP contribution >= 0.6 is 8.58 Å². The fourth-order valence-corrected chi connectivity index (χ4v) is 5.07. The fourth-order valence-electron chi connectivity index (χ4n) is 3.79. The van der Waals surface area contributed by atoms with E-state index in [4.69, 9.17) is 28.4 Å². The summed E-state index contributed by atoms with van der Waals surface area (Å²) in [5.74, 6) is 1.71. The Morgan fingerprint density at radius 2 is 1.14 bits per heavy atom. The Morgan fingerprint density at radius 3 is 1.57 bits per heavy atom. The smallest absolute Gasteiger partial charge is 1.00 e. The third kappa shape index (κ3) is 11.4. The minimum absolute atomic E-state index is 0. The zero-order valence-corrected chi connectivity index (χ0v) is 24.5. The summed E-state index contributed by atoms with van der Waals surface area (Å²) in [6.07, 6.45) is 0. The molecule has 9 heteroatoms. The van der Waals surface area contributed by atoms with Crippen molar-refractivity contribution in [2.45, 2.75) is 41.5 Å².